The van der Waals surface area contributed by atoms with Gasteiger partial charge < -0.3 is 19.5 Å². The molecule has 0 saturated heterocycles. The molecule has 3 rings (SSSR count). The molecule has 0 saturated carbocycles. The van der Waals surface area contributed by atoms with Crippen molar-refractivity contribution in [3.63, 3.8) is 0 Å². The third-order valence-electron chi connectivity index (χ3n) is 4.22. The van der Waals surface area contributed by atoms with E-state index < -0.39 is 0 Å². The SMILES string of the molecule is CCNC(=NCCc1noc(-c2ccccn2)n1)N(C)Cc1ccc(OC)cc1.I. The van der Waals surface area contributed by atoms with Gasteiger partial charge >= 0.3 is 0 Å². The smallest absolute Gasteiger partial charge is 0.276 e. The summed E-state index contributed by atoms with van der Waals surface area (Å²) in [5.74, 6) is 2.72. The number of pyridine rings is 1. The molecule has 0 spiro atoms. The van der Waals surface area contributed by atoms with Gasteiger partial charge in [-0.15, -0.1) is 24.0 Å². The second kappa shape index (κ2) is 12.1. The maximum atomic E-state index is 5.29. The fourth-order valence-corrected chi connectivity index (χ4v) is 2.76. The fourth-order valence-electron chi connectivity index (χ4n) is 2.76. The van der Waals surface area contributed by atoms with E-state index in [2.05, 4.69) is 44.4 Å². The summed E-state index contributed by atoms with van der Waals surface area (Å²) >= 11 is 0. The Bertz CT molecular complexity index is 915. The van der Waals surface area contributed by atoms with E-state index >= 15 is 0 Å². The summed E-state index contributed by atoms with van der Waals surface area (Å²) in [5.41, 5.74) is 1.85. The summed E-state index contributed by atoms with van der Waals surface area (Å²) in [6.45, 7) is 4.13. The number of rotatable bonds is 8. The highest BCUT2D eigenvalue weighted by Gasteiger charge is 2.10. The predicted octanol–water partition coefficient (Wildman–Crippen LogP) is 3.40. The molecule has 160 valence electrons. The van der Waals surface area contributed by atoms with Gasteiger partial charge in [0, 0.05) is 39.3 Å². The number of hydrogen-bond acceptors (Lipinski definition) is 6. The van der Waals surface area contributed by atoms with Crippen molar-refractivity contribution in [1.82, 2.24) is 25.3 Å². The molecule has 2 aromatic heterocycles. The average Bonchev–Trinajstić information content (AvgIpc) is 3.23. The van der Waals surface area contributed by atoms with Crippen LogP contribution in [0.4, 0.5) is 0 Å². The van der Waals surface area contributed by atoms with Crippen molar-refractivity contribution in [2.45, 2.75) is 19.9 Å². The van der Waals surface area contributed by atoms with Crippen molar-refractivity contribution in [1.29, 1.82) is 0 Å². The van der Waals surface area contributed by atoms with Crippen LogP contribution in [0.1, 0.15) is 18.3 Å². The monoisotopic (exact) mass is 522 g/mol. The van der Waals surface area contributed by atoms with Gasteiger partial charge in [0.15, 0.2) is 11.8 Å². The molecule has 0 aliphatic carbocycles. The predicted molar refractivity (Wildman–Crippen MR) is 127 cm³/mol. The lowest BCUT2D eigenvalue weighted by molar-refractivity contribution is 0.414. The molecule has 30 heavy (non-hydrogen) atoms. The summed E-state index contributed by atoms with van der Waals surface area (Å²) in [6, 6.07) is 13.6. The largest absolute Gasteiger partial charge is 0.497 e. The van der Waals surface area contributed by atoms with Crippen molar-refractivity contribution in [2.75, 3.05) is 27.2 Å². The van der Waals surface area contributed by atoms with Crippen LogP contribution in [-0.2, 0) is 13.0 Å². The van der Waals surface area contributed by atoms with Gasteiger partial charge in [-0.3, -0.25) is 9.98 Å². The average molecular weight is 522 g/mol. The van der Waals surface area contributed by atoms with Crippen LogP contribution in [0.2, 0.25) is 0 Å². The lowest BCUT2D eigenvalue weighted by Crippen LogP contribution is -2.38. The van der Waals surface area contributed by atoms with E-state index in [1.807, 2.05) is 37.4 Å². The van der Waals surface area contributed by atoms with Crippen LogP contribution in [0, 0.1) is 0 Å². The maximum Gasteiger partial charge on any atom is 0.276 e. The van der Waals surface area contributed by atoms with Gasteiger partial charge in [0.2, 0.25) is 0 Å². The van der Waals surface area contributed by atoms with Gasteiger partial charge in [-0.2, -0.15) is 4.98 Å². The van der Waals surface area contributed by atoms with Gasteiger partial charge in [-0.25, -0.2) is 0 Å². The van der Waals surface area contributed by atoms with Crippen LogP contribution in [-0.4, -0.2) is 53.2 Å². The first kappa shape index (κ1) is 23.6. The number of methoxy groups -OCH3 is 1. The summed E-state index contributed by atoms with van der Waals surface area (Å²) in [7, 11) is 3.68. The lowest BCUT2D eigenvalue weighted by Gasteiger charge is -2.22. The van der Waals surface area contributed by atoms with Crippen LogP contribution in [0.3, 0.4) is 0 Å². The van der Waals surface area contributed by atoms with Gasteiger partial charge in [-0.1, -0.05) is 23.4 Å². The van der Waals surface area contributed by atoms with E-state index in [-0.39, 0.29) is 24.0 Å². The molecular formula is C21H27IN6O2. The van der Waals surface area contributed by atoms with Crippen molar-refractivity contribution in [3.05, 3.63) is 60.0 Å². The van der Waals surface area contributed by atoms with E-state index in [4.69, 9.17) is 14.3 Å². The van der Waals surface area contributed by atoms with Crippen LogP contribution in [0.25, 0.3) is 11.6 Å². The van der Waals surface area contributed by atoms with E-state index in [9.17, 15) is 0 Å². The lowest BCUT2D eigenvalue weighted by atomic mass is 10.2. The van der Waals surface area contributed by atoms with Crippen molar-refractivity contribution >= 4 is 29.9 Å². The summed E-state index contributed by atoms with van der Waals surface area (Å²) in [6.07, 6.45) is 2.28. The highest BCUT2D eigenvalue weighted by molar-refractivity contribution is 14.0. The summed E-state index contributed by atoms with van der Waals surface area (Å²) in [4.78, 5) is 15.4. The molecule has 0 aliphatic rings. The Hall–Kier alpha value is -2.69. The van der Waals surface area contributed by atoms with Gasteiger partial charge in [0.05, 0.1) is 7.11 Å². The molecule has 0 fully saturated rings. The Morgan fingerprint density at radius 2 is 2.00 bits per heavy atom. The minimum atomic E-state index is 0. The molecular weight excluding hydrogens is 495 g/mol. The first-order chi connectivity index (χ1) is 14.2. The number of nitrogens with zero attached hydrogens (tertiary/aromatic N) is 5. The van der Waals surface area contributed by atoms with Gasteiger partial charge in [0.1, 0.15) is 11.4 Å². The summed E-state index contributed by atoms with van der Waals surface area (Å²) in [5, 5.41) is 7.34. The number of guanidine groups is 1. The zero-order valence-corrected chi connectivity index (χ0v) is 19.7. The molecule has 0 atom stereocenters. The van der Waals surface area contributed by atoms with E-state index in [0.717, 1.165) is 24.8 Å². The quantitative estimate of drug-likeness (QED) is 0.276. The second-order valence-electron chi connectivity index (χ2n) is 6.42. The maximum absolute atomic E-state index is 5.29. The minimum Gasteiger partial charge on any atom is -0.497 e. The molecule has 8 nitrogen and oxygen atoms in total. The van der Waals surface area contributed by atoms with Gasteiger partial charge in [0.25, 0.3) is 5.89 Å². The number of aromatic nitrogens is 3. The zero-order valence-electron chi connectivity index (χ0n) is 17.4. The number of halogens is 1. The summed E-state index contributed by atoms with van der Waals surface area (Å²) < 4.78 is 10.5. The van der Waals surface area contributed by atoms with E-state index in [1.165, 1.54) is 5.56 Å². The first-order valence-corrected chi connectivity index (χ1v) is 9.56. The second-order valence-corrected chi connectivity index (χ2v) is 6.42. The number of aliphatic imine (C=N–C) groups is 1. The fraction of sp³-hybridized carbons (Fsp3) is 0.333. The minimum absolute atomic E-state index is 0. The molecule has 1 N–H and O–H groups in total. The highest BCUT2D eigenvalue weighted by Crippen LogP contribution is 2.14. The van der Waals surface area contributed by atoms with Crippen LogP contribution >= 0.6 is 24.0 Å². The molecule has 2 heterocycles. The van der Waals surface area contributed by atoms with Crippen molar-refractivity contribution in [3.8, 4) is 17.3 Å². The first-order valence-electron chi connectivity index (χ1n) is 9.56. The zero-order chi connectivity index (χ0) is 20.5. The molecule has 9 heteroatoms. The topological polar surface area (TPSA) is 88.7 Å². The third kappa shape index (κ3) is 6.68. The van der Waals surface area contributed by atoms with Gasteiger partial charge in [-0.05, 0) is 36.8 Å². The molecule has 3 aromatic rings. The Kier molecular flexibility index (Phi) is 9.52. The Morgan fingerprint density at radius 1 is 1.20 bits per heavy atom. The van der Waals surface area contributed by atoms with Crippen LogP contribution in [0.15, 0.2) is 58.2 Å². The molecule has 0 aliphatic heterocycles. The molecule has 0 radical (unpaired) electrons. The van der Waals surface area contributed by atoms with Crippen LogP contribution < -0.4 is 10.1 Å². The number of hydrogen-bond donors (Lipinski definition) is 1. The normalized spacial score (nSPS) is 11.0. The van der Waals surface area contributed by atoms with E-state index in [0.29, 0.717) is 30.4 Å². The highest BCUT2D eigenvalue weighted by atomic mass is 127. The standard InChI is InChI=1S/C21H26N6O2.HI/c1-4-22-21(27(2)15-16-8-10-17(28-3)11-9-16)24-14-12-19-25-20(29-26-19)18-7-5-6-13-23-18;/h5-11,13H,4,12,14-15H2,1-3H3,(H,22,24);1H. The van der Waals surface area contributed by atoms with Crippen molar-refractivity contribution < 1.29 is 9.26 Å². The number of benzene rings is 1. The Balaban J connectivity index is 0.00000320. The number of ether oxygens (including phenoxy) is 1. The van der Waals surface area contributed by atoms with Crippen LogP contribution in [0.5, 0.6) is 5.75 Å². The van der Waals surface area contributed by atoms with Crippen molar-refractivity contribution in [2.24, 2.45) is 4.99 Å². The molecule has 1 aromatic carbocycles. The number of nitrogens with one attached hydrogen (secondary N) is 1. The molecule has 0 unspecified atom stereocenters. The third-order valence-corrected chi connectivity index (χ3v) is 4.22. The molecule has 0 amide bonds. The Labute approximate surface area is 193 Å². The van der Waals surface area contributed by atoms with E-state index in [1.54, 1.807) is 13.3 Å². The Morgan fingerprint density at radius 3 is 2.67 bits per heavy atom. The molecule has 0 bridgehead atoms.